The minimum Gasteiger partial charge on any atom is -0.393 e. The van der Waals surface area contributed by atoms with Gasteiger partial charge in [-0.25, -0.2) is 8.78 Å². The normalized spacial score (nSPS) is 50.8. The number of fused-ring (bicyclic) bond motifs is 5. The van der Waals surface area contributed by atoms with Crippen LogP contribution in [0.1, 0.15) is 104 Å². The average Bonchev–Trinajstić information content (AvgIpc) is 3.30. The van der Waals surface area contributed by atoms with E-state index >= 15 is 8.78 Å². The van der Waals surface area contributed by atoms with E-state index in [2.05, 4.69) is 20.8 Å². The third-order valence-corrected chi connectivity index (χ3v) is 11.5. The van der Waals surface area contributed by atoms with Crippen LogP contribution >= 0.6 is 0 Å². The van der Waals surface area contributed by atoms with Crippen molar-refractivity contribution in [3.05, 3.63) is 0 Å². The van der Waals surface area contributed by atoms with Gasteiger partial charge in [0.1, 0.15) is 0 Å². The second kappa shape index (κ2) is 7.39. The quantitative estimate of drug-likeness (QED) is 0.509. The molecule has 2 unspecified atom stereocenters. The van der Waals surface area contributed by atoms with E-state index in [1.165, 1.54) is 0 Å². The van der Waals surface area contributed by atoms with E-state index in [0.29, 0.717) is 18.3 Å². The number of aliphatic hydroxyl groups is 2. The summed E-state index contributed by atoms with van der Waals surface area (Å²) >= 11 is 0. The van der Waals surface area contributed by atoms with Crippen molar-refractivity contribution in [3.8, 4) is 0 Å². The van der Waals surface area contributed by atoms with E-state index < -0.39 is 11.8 Å². The Bertz CT molecular complexity index is 691. The van der Waals surface area contributed by atoms with Crippen molar-refractivity contribution in [2.75, 3.05) is 0 Å². The summed E-state index contributed by atoms with van der Waals surface area (Å²) in [4.78, 5) is 0. The van der Waals surface area contributed by atoms with Gasteiger partial charge in [-0.2, -0.15) is 0 Å². The summed E-state index contributed by atoms with van der Waals surface area (Å²) in [6.45, 7) is 6.99. The monoisotopic (exact) mass is 438 g/mol. The van der Waals surface area contributed by atoms with Gasteiger partial charge in [-0.1, -0.05) is 33.6 Å². The Morgan fingerprint density at radius 2 is 1.61 bits per heavy atom. The van der Waals surface area contributed by atoms with E-state index in [9.17, 15) is 10.2 Å². The highest BCUT2D eigenvalue weighted by molar-refractivity contribution is 5.13. The summed E-state index contributed by atoms with van der Waals surface area (Å²) < 4.78 is 31.6. The van der Waals surface area contributed by atoms with Crippen molar-refractivity contribution in [3.63, 3.8) is 0 Å². The summed E-state index contributed by atoms with van der Waals surface area (Å²) in [5.41, 5.74) is -0.349. The molecule has 0 heterocycles. The van der Waals surface area contributed by atoms with Crippen LogP contribution in [0.5, 0.6) is 0 Å². The average molecular weight is 439 g/mol. The molecule has 4 heteroatoms. The van der Waals surface area contributed by atoms with Crippen LogP contribution in [-0.4, -0.2) is 27.8 Å². The molecule has 5 fully saturated rings. The first-order chi connectivity index (χ1) is 14.5. The molecular weight excluding hydrogens is 394 g/mol. The van der Waals surface area contributed by atoms with Crippen LogP contribution in [-0.2, 0) is 0 Å². The van der Waals surface area contributed by atoms with Crippen LogP contribution in [0.2, 0.25) is 0 Å². The van der Waals surface area contributed by atoms with Crippen LogP contribution in [0, 0.1) is 46.3 Å². The minimum absolute atomic E-state index is 0.00684. The highest BCUT2D eigenvalue weighted by Gasteiger charge is 2.68. The molecule has 5 rings (SSSR count). The van der Waals surface area contributed by atoms with Crippen molar-refractivity contribution in [1.29, 1.82) is 0 Å². The SMILES string of the molecule is C[C@H](CCCC1(O)CC1)[C@H]1CC[C@H]2C3C(CC[C@]12C)[C@@]1(C)CC[C@H](O)C[C@@H]1CC3(F)F. The molecule has 0 amide bonds. The van der Waals surface area contributed by atoms with Gasteiger partial charge in [0, 0.05) is 12.3 Å². The Hall–Kier alpha value is -0.220. The third-order valence-electron chi connectivity index (χ3n) is 11.5. The maximum Gasteiger partial charge on any atom is 0.251 e. The molecule has 0 aromatic carbocycles. The van der Waals surface area contributed by atoms with Gasteiger partial charge < -0.3 is 10.2 Å². The molecular formula is C27H44F2O2. The molecule has 5 saturated carbocycles. The lowest BCUT2D eigenvalue weighted by Gasteiger charge is -2.63. The van der Waals surface area contributed by atoms with E-state index in [1.807, 2.05) is 0 Å². The van der Waals surface area contributed by atoms with E-state index in [4.69, 9.17) is 0 Å². The van der Waals surface area contributed by atoms with Gasteiger partial charge in [-0.05, 0) is 105 Å². The lowest BCUT2D eigenvalue weighted by atomic mass is 9.43. The highest BCUT2D eigenvalue weighted by Crippen LogP contribution is 2.71. The smallest absolute Gasteiger partial charge is 0.251 e. The summed E-state index contributed by atoms with van der Waals surface area (Å²) in [6, 6.07) is 0. The molecule has 0 aromatic heterocycles. The zero-order chi connectivity index (χ0) is 22.2. The first-order valence-corrected chi connectivity index (χ1v) is 13.3. The molecule has 5 aliphatic rings. The molecule has 0 bridgehead atoms. The Morgan fingerprint density at radius 1 is 0.935 bits per heavy atom. The first-order valence-electron chi connectivity index (χ1n) is 13.3. The van der Waals surface area contributed by atoms with Crippen molar-refractivity contribution in [2.24, 2.45) is 46.3 Å². The molecule has 0 saturated heterocycles. The van der Waals surface area contributed by atoms with Gasteiger partial charge in [0.15, 0.2) is 0 Å². The molecule has 2 nitrogen and oxygen atoms in total. The van der Waals surface area contributed by atoms with Gasteiger partial charge in [-0.15, -0.1) is 0 Å². The molecule has 0 spiro atoms. The van der Waals surface area contributed by atoms with Crippen molar-refractivity contribution in [1.82, 2.24) is 0 Å². The minimum atomic E-state index is -2.59. The fourth-order valence-corrected chi connectivity index (χ4v) is 9.46. The molecule has 5 aliphatic carbocycles. The predicted octanol–water partition coefficient (Wildman–Crippen LogP) is 6.58. The van der Waals surface area contributed by atoms with Gasteiger partial charge in [0.05, 0.1) is 11.7 Å². The molecule has 178 valence electrons. The fraction of sp³-hybridized carbons (Fsp3) is 1.00. The summed E-state index contributed by atoms with van der Waals surface area (Å²) in [7, 11) is 0. The number of alkyl halides is 2. The van der Waals surface area contributed by atoms with Crippen LogP contribution in [0.3, 0.4) is 0 Å². The van der Waals surface area contributed by atoms with E-state index in [-0.39, 0.29) is 46.7 Å². The van der Waals surface area contributed by atoms with Crippen LogP contribution in [0.15, 0.2) is 0 Å². The highest BCUT2D eigenvalue weighted by atomic mass is 19.3. The van der Waals surface area contributed by atoms with Gasteiger partial charge in [0.2, 0.25) is 0 Å². The predicted molar refractivity (Wildman–Crippen MR) is 119 cm³/mol. The second-order valence-electron chi connectivity index (χ2n) is 13.2. The Morgan fingerprint density at radius 3 is 2.32 bits per heavy atom. The van der Waals surface area contributed by atoms with E-state index in [0.717, 1.165) is 70.6 Å². The maximum atomic E-state index is 15.8. The zero-order valence-electron chi connectivity index (χ0n) is 19.9. The lowest BCUT2D eigenvalue weighted by molar-refractivity contribution is -0.238. The van der Waals surface area contributed by atoms with Crippen LogP contribution in [0.4, 0.5) is 8.78 Å². The molecule has 0 aliphatic heterocycles. The third kappa shape index (κ3) is 3.61. The van der Waals surface area contributed by atoms with Crippen LogP contribution in [0.25, 0.3) is 0 Å². The molecule has 31 heavy (non-hydrogen) atoms. The molecule has 0 radical (unpaired) electrons. The maximum absolute atomic E-state index is 15.8. The molecule has 9 atom stereocenters. The van der Waals surface area contributed by atoms with E-state index in [1.54, 1.807) is 0 Å². The Balaban J connectivity index is 1.34. The standard InChI is InChI=1S/C27H44F2O2/c1-17(5-4-10-26(31)13-14-26)20-6-7-21-23-22(9-12-25(20,21)3)24(2)11-8-19(30)15-18(24)16-27(23,28)29/h17-23,30-31H,4-16H2,1-3H3/t17-,18-,19+,20-,21+,22?,23?,24+,25-/m1/s1. The zero-order valence-corrected chi connectivity index (χ0v) is 19.9. The second-order valence-corrected chi connectivity index (χ2v) is 13.2. The Labute approximate surface area is 187 Å². The summed E-state index contributed by atoms with van der Waals surface area (Å²) in [5.74, 6) is -1.73. The van der Waals surface area contributed by atoms with Crippen molar-refractivity contribution < 1.29 is 19.0 Å². The molecule has 0 aromatic rings. The van der Waals surface area contributed by atoms with Crippen molar-refractivity contribution >= 4 is 0 Å². The number of hydrogen-bond acceptors (Lipinski definition) is 2. The number of rotatable bonds is 5. The van der Waals surface area contributed by atoms with Gasteiger partial charge >= 0.3 is 0 Å². The van der Waals surface area contributed by atoms with Gasteiger partial charge in [0.25, 0.3) is 5.92 Å². The number of aliphatic hydroxyl groups excluding tert-OH is 1. The first kappa shape index (κ1) is 22.6. The summed E-state index contributed by atoms with van der Waals surface area (Å²) in [6.07, 6.45) is 11.0. The molecule has 2 N–H and O–H groups in total. The van der Waals surface area contributed by atoms with Crippen LogP contribution < -0.4 is 0 Å². The summed E-state index contributed by atoms with van der Waals surface area (Å²) in [5, 5.41) is 20.3. The largest absolute Gasteiger partial charge is 0.393 e. The topological polar surface area (TPSA) is 40.5 Å². The fourth-order valence-electron chi connectivity index (χ4n) is 9.46. The van der Waals surface area contributed by atoms with Gasteiger partial charge in [-0.3, -0.25) is 0 Å². The lowest BCUT2D eigenvalue weighted by Crippen LogP contribution is -2.61. The number of hydrogen-bond donors (Lipinski definition) is 2. The number of halogens is 2. The van der Waals surface area contributed by atoms with Crippen molar-refractivity contribution in [2.45, 2.75) is 122 Å². The Kier molecular flexibility index (Phi) is 5.38.